The first-order chi connectivity index (χ1) is 13.0. The molecule has 0 bridgehead atoms. The fourth-order valence-corrected chi connectivity index (χ4v) is 2.94. The first kappa shape index (κ1) is 18.7. The maximum absolute atomic E-state index is 12.9. The van der Waals surface area contributed by atoms with Crippen molar-refractivity contribution in [1.82, 2.24) is 0 Å². The van der Waals surface area contributed by atoms with Gasteiger partial charge in [-0.2, -0.15) is 10.1 Å². The Bertz CT molecular complexity index is 916. The molecule has 0 atom stereocenters. The Morgan fingerprint density at radius 2 is 1.74 bits per heavy atom. The summed E-state index contributed by atoms with van der Waals surface area (Å²) >= 11 is 0. The summed E-state index contributed by atoms with van der Waals surface area (Å²) in [6.45, 7) is 8.81. The van der Waals surface area contributed by atoms with E-state index in [-0.39, 0.29) is 5.91 Å². The third-order valence-electron chi connectivity index (χ3n) is 4.19. The molecule has 5 nitrogen and oxygen atoms in total. The minimum Gasteiger partial charge on any atom is -0.490 e. The maximum atomic E-state index is 12.9. The van der Waals surface area contributed by atoms with Gasteiger partial charge in [0, 0.05) is 0 Å². The largest absolute Gasteiger partial charge is 0.490 e. The second-order valence-corrected chi connectivity index (χ2v) is 6.27. The van der Waals surface area contributed by atoms with E-state index < -0.39 is 0 Å². The Kier molecular flexibility index (Phi) is 5.60. The first-order valence-electron chi connectivity index (χ1n) is 9.11. The molecule has 0 radical (unpaired) electrons. The number of rotatable bonds is 6. The van der Waals surface area contributed by atoms with E-state index in [4.69, 9.17) is 9.47 Å². The predicted molar refractivity (Wildman–Crippen MR) is 109 cm³/mol. The highest BCUT2D eigenvalue weighted by molar-refractivity contribution is 6.32. The highest BCUT2D eigenvalue weighted by Crippen LogP contribution is 2.31. The van der Waals surface area contributed by atoms with Crippen LogP contribution in [0, 0.1) is 6.92 Å². The summed E-state index contributed by atoms with van der Waals surface area (Å²) in [5.74, 6) is 1.24. The van der Waals surface area contributed by atoms with E-state index in [9.17, 15) is 4.79 Å². The van der Waals surface area contributed by atoms with Gasteiger partial charge in [0.2, 0.25) is 0 Å². The number of amides is 1. The van der Waals surface area contributed by atoms with Crippen LogP contribution in [0.5, 0.6) is 11.5 Å². The van der Waals surface area contributed by atoms with Gasteiger partial charge in [-0.3, -0.25) is 4.79 Å². The highest BCUT2D eigenvalue weighted by atomic mass is 16.5. The van der Waals surface area contributed by atoms with Crippen LogP contribution in [0.15, 0.2) is 53.1 Å². The Hall–Kier alpha value is -3.08. The third-order valence-corrected chi connectivity index (χ3v) is 4.19. The zero-order chi connectivity index (χ0) is 19.4. The van der Waals surface area contributed by atoms with Crippen molar-refractivity contribution in [1.29, 1.82) is 0 Å². The molecule has 0 aliphatic carbocycles. The molecule has 1 amide bonds. The molecule has 1 heterocycles. The van der Waals surface area contributed by atoms with Crippen LogP contribution in [-0.2, 0) is 4.79 Å². The number of nitrogens with zero attached hydrogens (tertiary/aromatic N) is 2. The molecule has 5 heteroatoms. The van der Waals surface area contributed by atoms with E-state index >= 15 is 0 Å². The highest BCUT2D eigenvalue weighted by Gasteiger charge is 2.28. The van der Waals surface area contributed by atoms with Gasteiger partial charge in [0.05, 0.1) is 30.2 Å². The van der Waals surface area contributed by atoms with E-state index in [2.05, 4.69) is 5.10 Å². The van der Waals surface area contributed by atoms with Gasteiger partial charge in [-0.15, -0.1) is 0 Å². The van der Waals surface area contributed by atoms with Crippen LogP contribution in [0.3, 0.4) is 0 Å². The fraction of sp³-hybridized carbons (Fsp3) is 0.273. The molecule has 0 saturated carbocycles. The van der Waals surface area contributed by atoms with Crippen molar-refractivity contribution in [2.45, 2.75) is 27.7 Å². The molecule has 0 aromatic heterocycles. The van der Waals surface area contributed by atoms with Gasteiger partial charge in [0.25, 0.3) is 5.91 Å². The smallest absolute Gasteiger partial charge is 0.280 e. The summed E-state index contributed by atoms with van der Waals surface area (Å²) < 4.78 is 11.3. The second-order valence-electron chi connectivity index (χ2n) is 6.27. The monoisotopic (exact) mass is 364 g/mol. The topological polar surface area (TPSA) is 51.1 Å². The zero-order valence-electron chi connectivity index (χ0n) is 16.2. The molecule has 140 valence electrons. The van der Waals surface area contributed by atoms with Crippen molar-refractivity contribution in [3.05, 3.63) is 59.2 Å². The molecular weight excluding hydrogens is 340 g/mol. The summed E-state index contributed by atoms with van der Waals surface area (Å²) in [7, 11) is 0. The minimum absolute atomic E-state index is 0.134. The molecule has 2 aromatic rings. The lowest BCUT2D eigenvalue weighted by Crippen LogP contribution is -2.21. The number of hydrazone groups is 1. The van der Waals surface area contributed by atoms with E-state index in [1.165, 1.54) is 5.01 Å². The lowest BCUT2D eigenvalue weighted by atomic mass is 10.1. The van der Waals surface area contributed by atoms with Crippen molar-refractivity contribution >= 4 is 23.4 Å². The average molecular weight is 364 g/mol. The number of anilines is 1. The Morgan fingerprint density at radius 3 is 2.44 bits per heavy atom. The number of ether oxygens (including phenoxy) is 2. The Balaban J connectivity index is 1.92. The van der Waals surface area contributed by atoms with Crippen LogP contribution in [-0.4, -0.2) is 24.8 Å². The summed E-state index contributed by atoms with van der Waals surface area (Å²) in [6, 6.07) is 13.4. The van der Waals surface area contributed by atoms with E-state index in [1.54, 1.807) is 0 Å². The lowest BCUT2D eigenvalue weighted by molar-refractivity contribution is -0.114. The number of hydrogen-bond donors (Lipinski definition) is 0. The summed E-state index contributed by atoms with van der Waals surface area (Å²) in [5.41, 5.74) is 3.98. The van der Waals surface area contributed by atoms with Crippen LogP contribution < -0.4 is 14.5 Å². The van der Waals surface area contributed by atoms with Gasteiger partial charge in [0.1, 0.15) is 0 Å². The van der Waals surface area contributed by atoms with Gasteiger partial charge < -0.3 is 9.47 Å². The third kappa shape index (κ3) is 4.03. The molecular formula is C22H24N2O3. The average Bonchev–Trinajstić information content (AvgIpc) is 2.92. The SMILES string of the molecule is CCOc1ccc(C=C2C(=O)N(c3cccc(C)c3)N=C2C)cc1OCC. The number of benzene rings is 2. The molecule has 2 aromatic carbocycles. The maximum Gasteiger partial charge on any atom is 0.280 e. The Labute approximate surface area is 159 Å². The van der Waals surface area contributed by atoms with E-state index in [0.717, 1.165) is 16.8 Å². The van der Waals surface area contributed by atoms with Gasteiger partial charge in [-0.1, -0.05) is 18.2 Å². The van der Waals surface area contributed by atoms with E-state index in [0.29, 0.717) is 36.0 Å². The van der Waals surface area contributed by atoms with Crippen molar-refractivity contribution in [3.8, 4) is 11.5 Å². The number of carbonyl (C=O) groups excluding carboxylic acids is 1. The lowest BCUT2D eigenvalue weighted by Gasteiger charge is -2.13. The molecule has 0 spiro atoms. The summed E-state index contributed by atoms with van der Waals surface area (Å²) in [6.07, 6.45) is 1.84. The number of hydrogen-bond acceptors (Lipinski definition) is 4. The molecule has 0 N–H and O–H groups in total. The van der Waals surface area contributed by atoms with Crippen LogP contribution in [0.25, 0.3) is 6.08 Å². The molecule has 0 fully saturated rings. The van der Waals surface area contributed by atoms with Gasteiger partial charge in [-0.05, 0) is 69.2 Å². The van der Waals surface area contributed by atoms with Crippen LogP contribution >= 0.6 is 0 Å². The zero-order valence-corrected chi connectivity index (χ0v) is 16.2. The quantitative estimate of drug-likeness (QED) is 0.704. The summed E-state index contributed by atoms with van der Waals surface area (Å²) in [5, 5.41) is 5.89. The van der Waals surface area contributed by atoms with Gasteiger partial charge in [-0.25, -0.2) is 0 Å². The summed E-state index contributed by atoms with van der Waals surface area (Å²) in [4.78, 5) is 12.9. The minimum atomic E-state index is -0.134. The molecule has 1 aliphatic rings. The van der Waals surface area contributed by atoms with Crippen molar-refractivity contribution < 1.29 is 14.3 Å². The van der Waals surface area contributed by atoms with E-state index in [1.807, 2.05) is 76.2 Å². The molecule has 3 rings (SSSR count). The van der Waals surface area contributed by atoms with Crippen molar-refractivity contribution in [3.63, 3.8) is 0 Å². The first-order valence-corrected chi connectivity index (χ1v) is 9.11. The molecule has 0 saturated heterocycles. The van der Waals surface area contributed by atoms with Crippen LogP contribution in [0.1, 0.15) is 31.9 Å². The van der Waals surface area contributed by atoms with Gasteiger partial charge in [0.15, 0.2) is 11.5 Å². The molecule has 0 unspecified atom stereocenters. The Morgan fingerprint density at radius 1 is 1.00 bits per heavy atom. The number of carbonyl (C=O) groups is 1. The molecule has 1 aliphatic heterocycles. The van der Waals surface area contributed by atoms with Crippen molar-refractivity contribution in [2.24, 2.45) is 5.10 Å². The van der Waals surface area contributed by atoms with Crippen LogP contribution in [0.2, 0.25) is 0 Å². The second kappa shape index (κ2) is 8.08. The van der Waals surface area contributed by atoms with Crippen molar-refractivity contribution in [2.75, 3.05) is 18.2 Å². The van der Waals surface area contributed by atoms with Crippen LogP contribution in [0.4, 0.5) is 5.69 Å². The van der Waals surface area contributed by atoms with Gasteiger partial charge >= 0.3 is 0 Å². The normalized spacial score (nSPS) is 15.3. The molecule has 27 heavy (non-hydrogen) atoms. The number of aryl methyl sites for hydroxylation is 1. The predicted octanol–water partition coefficient (Wildman–Crippen LogP) is 4.60. The standard InChI is InChI=1S/C22H24N2O3/c1-5-26-20-11-10-17(14-21(20)27-6-2)13-19-16(4)23-24(22(19)25)18-9-7-8-15(3)12-18/h7-14H,5-6H2,1-4H3. The fourth-order valence-electron chi connectivity index (χ4n) is 2.94.